The van der Waals surface area contributed by atoms with Crippen molar-refractivity contribution in [2.75, 3.05) is 19.6 Å². The first-order valence-electron chi connectivity index (χ1n) is 8.08. The van der Waals surface area contributed by atoms with Crippen molar-refractivity contribution in [2.45, 2.75) is 42.9 Å². The average molecular weight is 374 g/mol. The summed E-state index contributed by atoms with van der Waals surface area (Å²) in [5.41, 5.74) is 0. The topological polar surface area (TPSA) is 95.6 Å². The van der Waals surface area contributed by atoms with Gasteiger partial charge in [-0.25, -0.2) is 8.42 Å². The Morgan fingerprint density at radius 1 is 1.33 bits per heavy atom. The summed E-state index contributed by atoms with van der Waals surface area (Å²) in [5.74, 6) is -1.39. The molecule has 2 amide bonds. The van der Waals surface area contributed by atoms with Gasteiger partial charge in [-0.3, -0.25) is 9.59 Å². The zero-order valence-corrected chi connectivity index (χ0v) is 15.3. The van der Waals surface area contributed by atoms with Gasteiger partial charge < -0.3 is 10.6 Å². The van der Waals surface area contributed by atoms with E-state index < -0.39 is 21.8 Å². The number of nitrogens with zero attached hydrogens (tertiary/aromatic N) is 1. The quantitative estimate of drug-likeness (QED) is 0.549. The SMILES string of the molecule is CCCCNC(=O)C(=O)NC[C@@H]1CCCN1S(=O)(=O)c1cccs1. The van der Waals surface area contributed by atoms with Gasteiger partial charge in [-0.05, 0) is 30.7 Å². The lowest BCUT2D eigenvalue weighted by atomic mass is 10.2. The summed E-state index contributed by atoms with van der Waals surface area (Å²) in [5, 5.41) is 6.81. The lowest BCUT2D eigenvalue weighted by molar-refractivity contribution is -0.139. The van der Waals surface area contributed by atoms with E-state index in [4.69, 9.17) is 0 Å². The van der Waals surface area contributed by atoms with Crippen molar-refractivity contribution in [2.24, 2.45) is 0 Å². The Morgan fingerprint density at radius 3 is 2.75 bits per heavy atom. The fraction of sp³-hybridized carbons (Fsp3) is 0.600. The van der Waals surface area contributed by atoms with Crippen LogP contribution in [0.25, 0.3) is 0 Å². The van der Waals surface area contributed by atoms with Gasteiger partial charge in [0.2, 0.25) is 0 Å². The Kier molecular flexibility index (Phi) is 6.76. The predicted molar refractivity (Wildman–Crippen MR) is 92.2 cm³/mol. The van der Waals surface area contributed by atoms with Crippen LogP contribution in [0.4, 0.5) is 0 Å². The van der Waals surface area contributed by atoms with Gasteiger partial charge in [0.1, 0.15) is 4.21 Å². The monoisotopic (exact) mass is 373 g/mol. The molecule has 1 fully saturated rings. The minimum absolute atomic E-state index is 0.143. The molecule has 0 bridgehead atoms. The molecule has 24 heavy (non-hydrogen) atoms. The van der Waals surface area contributed by atoms with Crippen LogP contribution in [0.1, 0.15) is 32.6 Å². The number of thiophene rings is 1. The predicted octanol–water partition coefficient (Wildman–Crippen LogP) is 0.934. The van der Waals surface area contributed by atoms with Crippen LogP contribution in [-0.4, -0.2) is 50.2 Å². The standard InChI is InChI=1S/C15H23N3O4S2/c1-2-3-8-16-14(19)15(20)17-11-12-6-4-9-18(12)24(21,22)13-7-5-10-23-13/h5,7,10,12H,2-4,6,8-9,11H2,1H3,(H,16,19)(H,17,20)/t12-/m0/s1. The van der Waals surface area contributed by atoms with E-state index in [0.717, 1.165) is 19.3 Å². The highest BCUT2D eigenvalue weighted by atomic mass is 32.2. The van der Waals surface area contributed by atoms with Gasteiger partial charge in [-0.1, -0.05) is 19.4 Å². The van der Waals surface area contributed by atoms with E-state index >= 15 is 0 Å². The molecule has 0 radical (unpaired) electrons. The molecule has 2 heterocycles. The Labute approximate surface area is 146 Å². The summed E-state index contributed by atoms with van der Waals surface area (Å²) >= 11 is 1.18. The number of carbonyl (C=O) groups excluding carboxylic acids is 2. The lowest BCUT2D eigenvalue weighted by Gasteiger charge is -2.23. The van der Waals surface area contributed by atoms with Crippen molar-refractivity contribution in [1.82, 2.24) is 14.9 Å². The first-order valence-corrected chi connectivity index (χ1v) is 10.4. The minimum Gasteiger partial charge on any atom is -0.348 e. The number of hydrogen-bond acceptors (Lipinski definition) is 5. The fourth-order valence-electron chi connectivity index (χ4n) is 2.61. The summed E-state index contributed by atoms with van der Waals surface area (Å²) < 4.78 is 26.9. The van der Waals surface area contributed by atoms with E-state index in [1.807, 2.05) is 6.92 Å². The number of carbonyl (C=O) groups is 2. The molecule has 1 atom stereocenters. The minimum atomic E-state index is -3.53. The van der Waals surface area contributed by atoms with E-state index in [1.165, 1.54) is 15.6 Å². The number of nitrogens with one attached hydrogen (secondary N) is 2. The van der Waals surface area contributed by atoms with Gasteiger partial charge in [0, 0.05) is 25.7 Å². The van der Waals surface area contributed by atoms with E-state index in [0.29, 0.717) is 23.7 Å². The van der Waals surface area contributed by atoms with Crippen molar-refractivity contribution >= 4 is 33.2 Å². The van der Waals surface area contributed by atoms with Crippen LogP contribution in [-0.2, 0) is 19.6 Å². The highest BCUT2D eigenvalue weighted by molar-refractivity contribution is 7.91. The zero-order valence-electron chi connectivity index (χ0n) is 13.7. The Morgan fingerprint density at radius 2 is 2.08 bits per heavy atom. The lowest BCUT2D eigenvalue weighted by Crippen LogP contribution is -2.47. The van der Waals surface area contributed by atoms with Crippen molar-refractivity contribution in [3.63, 3.8) is 0 Å². The highest BCUT2D eigenvalue weighted by Gasteiger charge is 2.36. The third-order valence-electron chi connectivity index (χ3n) is 3.90. The van der Waals surface area contributed by atoms with Crippen LogP contribution in [0.5, 0.6) is 0 Å². The molecule has 2 N–H and O–H groups in total. The van der Waals surface area contributed by atoms with Crippen LogP contribution in [0.2, 0.25) is 0 Å². The normalized spacial score (nSPS) is 18.5. The van der Waals surface area contributed by atoms with Crippen LogP contribution >= 0.6 is 11.3 Å². The van der Waals surface area contributed by atoms with E-state index in [1.54, 1.807) is 17.5 Å². The van der Waals surface area contributed by atoms with Crippen LogP contribution in [0.3, 0.4) is 0 Å². The zero-order chi connectivity index (χ0) is 17.6. The summed E-state index contributed by atoms with van der Waals surface area (Å²) in [4.78, 5) is 23.4. The van der Waals surface area contributed by atoms with E-state index in [9.17, 15) is 18.0 Å². The largest absolute Gasteiger partial charge is 0.348 e. The number of unbranched alkanes of at least 4 members (excludes halogenated alkanes) is 1. The van der Waals surface area contributed by atoms with Gasteiger partial charge in [-0.15, -0.1) is 11.3 Å². The second kappa shape index (κ2) is 8.59. The van der Waals surface area contributed by atoms with Crippen LogP contribution in [0, 0.1) is 0 Å². The van der Waals surface area contributed by atoms with Crippen LogP contribution in [0.15, 0.2) is 21.7 Å². The molecule has 134 valence electrons. The molecule has 1 aliphatic rings. The molecular weight excluding hydrogens is 350 g/mol. The maximum absolute atomic E-state index is 12.6. The number of rotatable bonds is 7. The third kappa shape index (κ3) is 4.55. The molecule has 0 saturated carbocycles. The van der Waals surface area contributed by atoms with Crippen molar-refractivity contribution in [3.8, 4) is 0 Å². The fourth-order valence-corrected chi connectivity index (χ4v) is 5.42. The maximum Gasteiger partial charge on any atom is 0.309 e. The first kappa shape index (κ1) is 18.9. The number of sulfonamides is 1. The van der Waals surface area contributed by atoms with E-state index in [-0.39, 0.29) is 12.6 Å². The second-order valence-corrected chi connectivity index (χ2v) is 8.73. The Hall–Kier alpha value is -1.45. The van der Waals surface area contributed by atoms with Gasteiger partial charge in [0.25, 0.3) is 10.0 Å². The van der Waals surface area contributed by atoms with Gasteiger partial charge in [0.15, 0.2) is 0 Å². The summed E-state index contributed by atoms with van der Waals surface area (Å²) in [6.45, 7) is 3.04. The molecule has 1 saturated heterocycles. The first-order chi connectivity index (χ1) is 11.5. The summed E-state index contributed by atoms with van der Waals surface area (Å²) in [6, 6.07) is 2.96. The van der Waals surface area contributed by atoms with E-state index in [2.05, 4.69) is 10.6 Å². The molecule has 2 rings (SSSR count). The molecule has 0 aliphatic carbocycles. The number of amides is 2. The molecule has 1 aliphatic heterocycles. The Bertz CT molecular complexity index is 658. The molecule has 9 heteroatoms. The highest BCUT2D eigenvalue weighted by Crippen LogP contribution is 2.28. The van der Waals surface area contributed by atoms with Gasteiger partial charge >= 0.3 is 11.8 Å². The van der Waals surface area contributed by atoms with Crippen LogP contribution < -0.4 is 10.6 Å². The van der Waals surface area contributed by atoms with Gasteiger partial charge in [-0.2, -0.15) is 4.31 Å². The maximum atomic E-state index is 12.6. The van der Waals surface area contributed by atoms with Crippen molar-refractivity contribution in [3.05, 3.63) is 17.5 Å². The molecule has 0 aromatic carbocycles. The molecular formula is C15H23N3O4S2. The molecule has 1 aromatic rings. The smallest absolute Gasteiger partial charge is 0.309 e. The Balaban J connectivity index is 1.90. The van der Waals surface area contributed by atoms with Gasteiger partial charge in [0.05, 0.1) is 0 Å². The molecule has 0 unspecified atom stereocenters. The average Bonchev–Trinajstić information content (AvgIpc) is 3.24. The third-order valence-corrected chi connectivity index (χ3v) is 7.23. The molecule has 7 nitrogen and oxygen atoms in total. The second-order valence-electron chi connectivity index (χ2n) is 5.66. The summed E-state index contributed by atoms with van der Waals surface area (Å²) in [7, 11) is -3.53. The van der Waals surface area contributed by atoms with Crippen molar-refractivity contribution < 1.29 is 18.0 Å². The van der Waals surface area contributed by atoms with Crippen molar-refractivity contribution in [1.29, 1.82) is 0 Å². The molecule has 0 spiro atoms. The summed E-state index contributed by atoms with van der Waals surface area (Å²) in [6.07, 6.45) is 3.16. The number of hydrogen-bond donors (Lipinski definition) is 2. The molecule has 1 aromatic heterocycles.